The molecule has 1 amide bonds. The molecule has 1 N–H and O–H groups in total. The number of aromatic nitrogens is 2. The van der Waals surface area contributed by atoms with Crippen LogP contribution in [0.1, 0.15) is 43.0 Å². The normalized spacial score (nSPS) is 17.5. The number of aryl methyl sites for hydroxylation is 2. The Morgan fingerprint density at radius 2 is 1.90 bits per heavy atom. The summed E-state index contributed by atoms with van der Waals surface area (Å²) >= 11 is 0. The first-order valence-corrected chi connectivity index (χ1v) is 12.9. The second-order valence-electron chi connectivity index (χ2n) is 9.16. The summed E-state index contributed by atoms with van der Waals surface area (Å²) in [6, 6.07) is 5.53. The third-order valence-electron chi connectivity index (χ3n) is 6.23. The Morgan fingerprint density at radius 1 is 1.18 bits per heavy atom. The van der Waals surface area contributed by atoms with Gasteiger partial charge in [-0.3, -0.25) is 19.2 Å². The number of halogens is 4. The molecule has 0 radical (unpaired) electrons. The molecule has 0 bridgehead atoms. The highest BCUT2D eigenvalue weighted by Crippen LogP contribution is 2.44. The molecule has 2 aromatic heterocycles. The van der Waals surface area contributed by atoms with Gasteiger partial charge in [0.15, 0.2) is 11.7 Å². The van der Waals surface area contributed by atoms with E-state index in [2.05, 4.69) is 9.97 Å². The molecule has 1 saturated heterocycles. The van der Waals surface area contributed by atoms with Crippen LogP contribution in [-0.2, 0) is 33.9 Å². The van der Waals surface area contributed by atoms with Gasteiger partial charge in [0, 0.05) is 12.1 Å². The molecule has 15 heteroatoms. The molecular formula is C24H21F4N5O5S. The number of hydrogen-bond acceptors (Lipinski definition) is 8. The number of rotatable bonds is 7. The van der Waals surface area contributed by atoms with E-state index >= 15 is 4.39 Å². The van der Waals surface area contributed by atoms with Gasteiger partial charge in [0.2, 0.25) is 5.50 Å². The largest absolute Gasteiger partial charge is 0.449 e. The van der Waals surface area contributed by atoms with E-state index in [1.165, 1.54) is 44.6 Å². The van der Waals surface area contributed by atoms with Gasteiger partial charge in [-0.2, -0.15) is 26.9 Å². The lowest BCUT2D eigenvalue weighted by Crippen LogP contribution is -2.49. The fraction of sp³-hybridized carbons (Fsp3) is 0.333. The molecule has 206 valence electrons. The van der Waals surface area contributed by atoms with Gasteiger partial charge in [-0.15, -0.1) is 0 Å². The first kappa shape index (κ1) is 28.0. The van der Waals surface area contributed by atoms with E-state index in [1.807, 2.05) is 0 Å². The number of oxazole rings is 1. The molecule has 3 aromatic rings. The summed E-state index contributed by atoms with van der Waals surface area (Å²) in [6.45, 7) is 2.54. The first-order chi connectivity index (χ1) is 18.2. The van der Waals surface area contributed by atoms with Crippen LogP contribution in [0.5, 0.6) is 0 Å². The molecule has 10 nitrogen and oxygen atoms in total. The molecule has 0 spiro atoms. The minimum absolute atomic E-state index is 0.0278. The van der Waals surface area contributed by atoms with Gasteiger partial charge < -0.3 is 9.32 Å². The predicted octanol–water partition coefficient (Wildman–Crippen LogP) is 4.08. The topological polar surface area (TPSA) is 141 Å². The highest BCUT2D eigenvalue weighted by molar-refractivity contribution is 7.86. The molecule has 0 saturated carbocycles. The van der Waals surface area contributed by atoms with E-state index in [-0.39, 0.29) is 10.6 Å². The average Bonchev–Trinajstić information content (AvgIpc) is 3.43. The third-order valence-corrected chi connectivity index (χ3v) is 7.19. The lowest BCUT2D eigenvalue weighted by molar-refractivity contribution is -0.140. The summed E-state index contributed by atoms with van der Waals surface area (Å²) in [5.41, 5.74) is -7.58. The maximum atomic E-state index is 15.3. The van der Waals surface area contributed by atoms with Crippen molar-refractivity contribution >= 4 is 27.4 Å². The SMILES string of the molecule is CC1(C)C(=O)N(c2ccc(C#N)c(C(F)(F)F)c2F)C(S(=O)(=O)O)N1c1ccc(CCCc2ncco2)nc1. The van der Waals surface area contributed by atoms with Crippen molar-refractivity contribution in [2.24, 2.45) is 0 Å². The summed E-state index contributed by atoms with van der Waals surface area (Å²) in [5, 5.41) is 9.04. The summed E-state index contributed by atoms with van der Waals surface area (Å²) in [5.74, 6) is -2.60. The van der Waals surface area contributed by atoms with E-state index in [9.17, 15) is 30.9 Å². The molecule has 3 heterocycles. The fourth-order valence-electron chi connectivity index (χ4n) is 4.46. The Kier molecular flexibility index (Phi) is 7.13. The molecule has 1 aliphatic heterocycles. The Hall–Kier alpha value is -4.03. The van der Waals surface area contributed by atoms with Gasteiger partial charge >= 0.3 is 16.3 Å². The molecule has 1 atom stereocenters. The Morgan fingerprint density at radius 3 is 2.44 bits per heavy atom. The zero-order chi connectivity index (χ0) is 28.8. The van der Waals surface area contributed by atoms with Crippen LogP contribution in [0.4, 0.5) is 28.9 Å². The van der Waals surface area contributed by atoms with E-state index in [0.717, 1.165) is 4.90 Å². The minimum Gasteiger partial charge on any atom is -0.449 e. The van der Waals surface area contributed by atoms with Crippen molar-refractivity contribution in [3.8, 4) is 6.07 Å². The Labute approximate surface area is 220 Å². The van der Waals surface area contributed by atoms with Crippen LogP contribution in [0.25, 0.3) is 0 Å². The zero-order valence-corrected chi connectivity index (χ0v) is 21.3. The first-order valence-electron chi connectivity index (χ1n) is 11.4. The predicted molar refractivity (Wildman–Crippen MR) is 128 cm³/mol. The average molecular weight is 568 g/mol. The van der Waals surface area contributed by atoms with Crippen molar-refractivity contribution in [2.45, 2.75) is 50.3 Å². The van der Waals surface area contributed by atoms with Gasteiger partial charge in [0.05, 0.1) is 35.4 Å². The lowest BCUT2D eigenvalue weighted by atomic mass is 10.0. The number of benzene rings is 1. The molecule has 1 unspecified atom stereocenters. The van der Waals surface area contributed by atoms with Crippen molar-refractivity contribution in [3.05, 3.63) is 71.5 Å². The fourth-order valence-corrected chi connectivity index (χ4v) is 5.59. The van der Waals surface area contributed by atoms with Gasteiger partial charge in [0.1, 0.15) is 17.4 Å². The van der Waals surface area contributed by atoms with Crippen LogP contribution >= 0.6 is 0 Å². The number of nitriles is 1. The molecule has 1 fully saturated rings. The second kappa shape index (κ2) is 9.93. The standard InChI is InChI=1S/C24H21F4N5O5S/c1-23(2)21(34)32(17-9-6-14(12-29)19(20(17)25)24(26,27)28)22(39(35,36)37)33(23)16-8-7-15(31-13-16)4-3-5-18-30-10-11-38-18/h6-11,13,22H,3-5H2,1-2H3,(H,35,36,37). The highest BCUT2D eigenvalue weighted by Gasteiger charge is 2.58. The highest BCUT2D eigenvalue weighted by atomic mass is 32.2. The number of nitrogens with zero attached hydrogens (tertiary/aromatic N) is 5. The van der Waals surface area contributed by atoms with E-state index in [4.69, 9.17) is 9.68 Å². The molecule has 1 aromatic carbocycles. The lowest BCUT2D eigenvalue weighted by Gasteiger charge is -2.33. The van der Waals surface area contributed by atoms with Gasteiger partial charge in [-0.25, -0.2) is 9.37 Å². The summed E-state index contributed by atoms with van der Waals surface area (Å²) < 4.78 is 96.5. The summed E-state index contributed by atoms with van der Waals surface area (Å²) in [4.78, 5) is 22.9. The van der Waals surface area contributed by atoms with Crippen LogP contribution in [-0.4, -0.2) is 39.9 Å². The minimum atomic E-state index is -5.33. The Balaban J connectivity index is 1.74. The molecule has 0 aliphatic carbocycles. The van der Waals surface area contributed by atoms with Gasteiger partial charge in [0.25, 0.3) is 5.91 Å². The molecule has 39 heavy (non-hydrogen) atoms. The number of hydrogen-bond donors (Lipinski definition) is 1. The van der Waals surface area contributed by atoms with Gasteiger partial charge in [-0.1, -0.05) is 0 Å². The smallest absolute Gasteiger partial charge is 0.420 e. The van der Waals surface area contributed by atoms with Crippen molar-refractivity contribution in [3.63, 3.8) is 0 Å². The molecule has 4 rings (SSSR count). The third kappa shape index (κ3) is 5.17. The maximum absolute atomic E-state index is 15.3. The van der Waals surface area contributed by atoms with Crippen LogP contribution < -0.4 is 9.80 Å². The number of amides is 1. The quantitative estimate of drug-likeness (QED) is 0.330. The zero-order valence-electron chi connectivity index (χ0n) is 20.5. The monoisotopic (exact) mass is 567 g/mol. The van der Waals surface area contributed by atoms with Crippen LogP contribution in [0.15, 0.2) is 47.3 Å². The van der Waals surface area contributed by atoms with Crippen LogP contribution in [0.3, 0.4) is 0 Å². The van der Waals surface area contributed by atoms with E-state index < -0.39 is 55.9 Å². The van der Waals surface area contributed by atoms with Crippen molar-refractivity contribution in [2.75, 3.05) is 9.80 Å². The van der Waals surface area contributed by atoms with Crippen molar-refractivity contribution in [1.82, 2.24) is 9.97 Å². The summed E-state index contributed by atoms with van der Waals surface area (Å²) in [7, 11) is -5.26. The number of carbonyl (C=O) groups is 1. The molecule has 1 aliphatic rings. The summed E-state index contributed by atoms with van der Waals surface area (Å²) in [6.07, 6.45) is 0.544. The number of anilines is 2. The Bertz CT molecular complexity index is 1530. The van der Waals surface area contributed by atoms with Gasteiger partial charge in [-0.05, 0) is 51.0 Å². The van der Waals surface area contributed by atoms with Crippen LogP contribution in [0.2, 0.25) is 0 Å². The van der Waals surface area contributed by atoms with Crippen molar-refractivity contribution in [1.29, 1.82) is 5.26 Å². The number of carbonyl (C=O) groups excluding carboxylic acids is 1. The van der Waals surface area contributed by atoms with E-state index in [0.29, 0.717) is 43.0 Å². The number of pyridine rings is 1. The maximum Gasteiger partial charge on any atom is 0.420 e. The second-order valence-corrected chi connectivity index (χ2v) is 10.6. The molecular weight excluding hydrogens is 546 g/mol. The van der Waals surface area contributed by atoms with Crippen molar-refractivity contribution < 1.29 is 39.7 Å². The number of alkyl halides is 3. The van der Waals surface area contributed by atoms with Crippen LogP contribution in [0, 0.1) is 17.1 Å². The van der Waals surface area contributed by atoms with E-state index in [1.54, 1.807) is 6.07 Å².